The van der Waals surface area contributed by atoms with E-state index in [1.54, 1.807) is 31.1 Å². The number of nitrogens with zero attached hydrogens (tertiary/aromatic N) is 1. The Hall–Kier alpha value is -2.37. The maximum atomic E-state index is 8.49. The summed E-state index contributed by atoms with van der Waals surface area (Å²) in [7, 11) is 4.90. The molecule has 2 rings (SSSR count). The highest BCUT2D eigenvalue weighted by Gasteiger charge is 2.15. The smallest absolute Gasteiger partial charge is 0.119 e. The van der Waals surface area contributed by atoms with Crippen molar-refractivity contribution in [2.45, 2.75) is 6.92 Å². The van der Waals surface area contributed by atoms with Crippen molar-refractivity contribution in [1.29, 1.82) is 10.8 Å². The van der Waals surface area contributed by atoms with Gasteiger partial charge in [0.25, 0.3) is 0 Å². The Bertz CT molecular complexity index is 713. The second kappa shape index (κ2) is 9.05. The quantitative estimate of drug-likeness (QED) is 0.581. The second-order valence-corrected chi connectivity index (χ2v) is 5.35. The minimum Gasteiger partial charge on any atom is -0.497 e. The van der Waals surface area contributed by atoms with Crippen molar-refractivity contribution in [2.24, 2.45) is 5.73 Å². The first-order valence-corrected chi connectivity index (χ1v) is 7.71. The van der Waals surface area contributed by atoms with E-state index >= 15 is 0 Å². The standard InChI is InChI=1S/C17H18ClN3O.CH5N/c1-11(19)21(2)16-9-8-14(22-3)10-15(16)17(20)12-4-6-13(18)7-5-12;1-2/h4-10,19-20H,1-3H3;2H2,1H3. The third kappa shape index (κ3) is 4.57. The van der Waals surface area contributed by atoms with Crippen LogP contribution in [0.5, 0.6) is 5.75 Å². The van der Waals surface area contributed by atoms with Crippen LogP contribution in [-0.2, 0) is 0 Å². The van der Waals surface area contributed by atoms with Gasteiger partial charge in [0.1, 0.15) is 5.75 Å². The van der Waals surface area contributed by atoms with Gasteiger partial charge in [-0.1, -0.05) is 23.7 Å². The molecule has 4 N–H and O–H groups in total. The molecular weight excluding hydrogens is 324 g/mol. The summed E-state index contributed by atoms with van der Waals surface area (Å²) >= 11 is 5.91. The van der Waals surface area contributed by atoms with Crippen molar-refractivity contribution < 1.29 is 4.74 Å². The summed E-state index contributed by atoms with van der Waals surface area (Å²) in [5.41, 5.74) is 7.11. The molecule has 0 saturated heterocycles. The normalized spacial score (nSPS) is 9.58. The first-order chi connectivity index (χ1) is 11.4. The molecule has 0 bridgehead atoms. The SMILES string of the molecule is CN.COc1ccc(N(C)C(C)=N)c(C(=N)c2ccc(Cl)cc2)c1. The lowest BCUT2D eigenvalue weighted by Crippen LogP contribution is -2.24. The first kappa shape index (κ1) is 19.7. The van der Waals surface area contributed by atoms with Crippen LogP contribution in [0.3, 0.4) is 0 Å². The lowest BCUT2D eigenvalue weighted by atomic mass is 10.00. The molecule has 0 atom stereocenters. The Labute approximate surface area is 148 Å². The lowest BCUT2D eigenvalue weighted by Gasteiger charge is -2.22. The number of nitrogens with two attached hydrogens (primary N) is 1. The van der Waals surface area contributed by atoms with E-state index in [0.717, 1.165) is 11.3 Å². The van der Waals surface area contributed by atoms with Crippen LogP contribution in [0.15, 0.2) is 42.5 Å². The molecule has 0 fully saturated rings. The van der Waals surface area contributed by atoms with Gasteiger partial charge in [-0.2, -0.15) is 0 Å². The number of hydrogen-bond acceptors (Lipinski definition) is 4. The van der Waals surface area contributed by atoms with E-state index in [4.69, 9.17) is 27.2 Å². The molecule has 0 aromatic heterocycles. The topological polar surface area (TPSA) is 86.2 Å². The van der Waals surface area contributed by atoms with Gasteiger partial charge < -0.3 is 15.4 Å². The zero-order valence-corrected chi connectivity index (χ0v) is 15.1. The van der Waals surface area contributed by atoms with Gasteiger partial charge in [0, 0.05) is 23.2 Å². The summed E-state index contributed by atoms with van der Waals surface area (Å²) in [6.45, 7) is 1.71. The molecular formula is C18H23ClN4O. The Morgan fingerprint density at radius 2 is 1.67 bits per heavy atom. The molecule has 24 heavy (non-hydrogen) atoms. The van der Waals surface area contributed by atoms with Crippen LogP contribution >= 0.6 is 11.6 Å². The summed E-state index contributed by atoms with van der Waals surface area (Å²) in [5, 5.41) is 16.9. The van der Waals surface area contributed by atoms with Gasteiger partial charge in [0.05, 0.1) is 24.3 Å². The fraction of sp³-hybridized carbons (Fsp3) is 0.222. The van der Waals surface area contributed by atoms with Crippen molar-refractivity contribution in [2.75, 3.05) is 26.1 Å². The largest absolute Gasteiger partial charge is 0.497 e. The second-order valence-electron chi connectivity index (χ2n) is 4.91. The average Bonchev–Trinajstić information content (AvgIpc) is 2.62. The molecule has 0 aliphatic rings. The van der Waals surface area contributed by atoms with E-state index in [-0.39, 0.29) is 0 Å². The molecule has 0 heterocycles. The van der Waals surface area contributed by atoms with E-state index in [1.165, 1.54) is 7.05 Å². The molecule has 0 unspecified atom stereocenters. The number of benzene rings is 2. The van der Waals surface area contributed by atoms with Crippen LogP contribution in [0.4, 0.5) is 5.69 Å². The summed E-state index contributed by atoms with van der Waals surface area (Å²) in [6, 6.07) is 12.6. The van der Waals surface area contributed by atoms with Gasteiger partial charge in [-0.05, 0) is 44.3 Å². The summed E-state index contributed by atoms with van der Waals surface area (Å²) in [4.78, 5) is 1.74. The average molecular weight is 347 g/mol. The zero-order valence-electron chi connectivity index (χ0n) is 14.4. The first-order valence-electron chi connectivity index (χ1n) is 7.33. The van der Waals surface area contributed by atoms with Crippen molar-refractivity contribution in [3.63, 3.8) is 0 Å². The van der Waals surface area contributed by atoms with Gasteiger partial charge in [-0.25, -0.2) is 0 Å². The predicted octanol–water partition coefficient (Wildman–Crippen LogP) is 3.77. The highest BCUT2D eigenvalue weighted by atomic mass is 35.5. The van der Waals surface area contributed by atoms with E-state index in [0.29, 0.717) is 27.9 Å². The number of nitrogens with one attached hydrogen (secondary N) is 2. The van der Waals surface area contributed by atoms with Gasteiger partial charge >= 0.3 is 0 Å². The lowest BCUT2D eigenvalue weighted by molar-refractivity contribution is 0.415. The van der Waals surface area contributed by atoms with E-state index in [9.17, 15) is 0 Å². The van der Waals surface area contributed by atoms with Crippen LogP contribution in [0, 0.1) is 10.8 Å². The van der Waals surface area contributed by atoms with E-state index < -0.39 is 0 Å². The van der Waals surface area contributed by atoms with Gasteiger partial charge in [-0.3, -0.25) is 10.8 Å². The number of ether oxygens (including phenoxy) is 1. The highest BCUT2D eigenvalue weighted by molar-refractivity contribution is 6.30. The molecule has 0 spiro atoms. The predicted molar refractivity (Wildman–Crippen MR) is 102 cm³/mol. The Kier molecular flexibility index (Phi) is 7.42. The minimum absolute atomic E-state index is 0.360. The molecule has 5 nitrogen and oxygen atoms in total. The summed E-state index contributed by atoms with van der Waals surface area (Å²) < 4.78 is 5.27. The number of methoxy groups -OCH3 is 1. The number of rotatable bonds is 4. The molecule has 2 aromatic rings. The summed E-state index contributed by atoms with van der Waals surface area (Å²) in [6.07, 6.45) is 0. The Morgan fingerprint density at radius 1 is 1.08 bits per heavy atom. The third-order valence-electron chi connectivity index (χ3n) is 3.47. The van der Waals surface area contributed by atoms with Crippen LogP contribution in [0.2, 0.25) is 5.02 Å². The number of halogens is 1. The highest BCUT2D eigenvalue weighted by Crippen LogP contribution is 2.27. The number of anilines is 1. The maximum absolute atomic E-state index is 8.49. The zero-order chi connectivity index (χ0) is 18.3. The van der Waals surface area contributed by atoms with Gasteiger partial charge in [0.15, 0.2) is 0 Å². The Balaban J connectivity index is 0.00000139. The molecule has 2 aromatic carbocycles. The molecule has 0 saturated carbocycles. The number of amidine groups is 1. The maximum Gasteiger partial charge on any atom is 0.119 e. The fourth-order valence-electron chi connectivity index (χ4n) is 2.09. The fourth-order valence-corrected chi connectivity index (χ4v) is 2.21. The van der Waals surface area contributed by atoms with Crippen LogP contribution < -0.4 is 15.4 Å². The molecule has 0 aliphatic carbocycles. The molecule has 6 heteroatoms. The van der Waals surface area contributed by atoms with Gasteiger partial charge in [0.2, 0.25) is 0 Å². The minimum atomic E-state index is 0.360. The summed E-state index contributed by atoms with van der Waals surface area (Å²) in [5.74, 6) is 1.07. The van der Waals surface area contributed by atoms with Crippen LogP contribution in [0.1, 0.15) is 18.1 Å². The Morgan fingerprint density at radius 3 is 2.17 bits per heavy atom. The van der Waals surface area contributed by atoms with Crippen molar-refractivity contribution in [3.05, 3.63) is 58.6 Å². The molecule has 0 radical (unpaired) electrons. The van der Waals surface area contributed by atoms with Crippen molar-refractivity contribution in [3.8, 4) is 5.75 Å². The van der Waals surface area contributed by atoms with E-state index in [2.05, 4.69) is 5.73 Å². The van der Waals surface area contributed by atoms with Crippen LogP contribution in [-0.4, -0.2) is 32.8 Å². The van der Waals surface area contributed by atoms with Crippen LogP contribution in [0.25, 0.3) is 0 Å². The van der Waals surface area contributed by atoms with Gasteiger partial charge in [-0.15, -0.1) is 0 Å². The van der Waals surface area contributed by atoms with E-state index in [1.807, 2.05) is 37.4 Å². The van der Waals surface area contributed by atoms with Crippen molar-refractivity contribution in [1.82, 2.24) is 0 Å². The molecule has 128 valence electrons. The monoisotopic (exact) mass is 346 g/mol. The third-order valence-corrected chi connectivity index (χ3v) is 3.72. The van der Waals surface area contributed by atoms with Crippen molar-refractivity contribution >= 4 is 28.8 Å². The molecule has 0 aliphatic heterocycles. The number of hydrogen-bond donors (Lipinski definition) is 3. The molecule has 0 amide bonds.